The lowest BCUT2D eigenvalue weighted by atomic mass is 9.95. The van der Waals surface area contributed by atoms with Gasteiger partial charge >= 0.3 is 0 Å². The molecule has 0 spiro atoms. The molecule has 0 saturated carbocycles. The van der Waals surface area contributed by atoms with Crippen molar-refractivity contribution in [3.05, 3.63) is 0 Å². The lowest BCUT2D eigenvalue weighted by Crippen LogP contribution is -2.52. The Kier molecular flexibility index (Phi) is 5.75. The molecule has 1 amide bonds. The molecule has 116 valence electrons. The van der Waals surface area contributed by atoms with Crippen LogP contribution in [-0.4, -0.2) is 58.7 Å². The maximum Gasteiger partial charge on any atom is 0.252 e. The molecular weight excluding hydrogens is 272 g/mol. The number of thioether (sulfide) groups is 1. The normalized spacial score (nSPS) is 26.9. The molecule has 0 aromatic heterocycles. The van der Waals surface area contributed by atoms with Gasteiger partial charge in [-0.15, -0.1) is 0 Å². The summed E-state index contributed by atoms with van der Waals surface area (Å²) in [5.74, 6) is 2.26. The van der Waals surface area contributed by atoms with Gasteiger partial charge in [0, 0.05) is 19.1 Å². The Morgan fingerprint density at radius 2 is 2.15 bits per heavy atom. The fourth-order valence-corrected chi connectivity index (χ4v) is 4.32. The van der Waals surface area contributed by atoms with E-state index < -0.39 is 5.60 Å². The highest BCUT2D eigenvalue weighted by molar-refractivity contribution is 7.99. The number of nitrogens with one attached hydrogen (secondary N) is 1. The first-order valence-corrected chi connectivity index (χ1v) is 8.99. The number of amides is 1. The van der Waals surface area contributed by atoms with Crippen molar-refractivity contribution < 1.29 is 9.90 Å². The minimum absolute atomic E-state index is 0.158. The summed E-state index contributed by atoms with van der Waals surface area (Å²) in [5, 5.41) is 13.4. The van der Waals surface area contributed by atoms with E-state index in [1.807, 2.05) is 11.8 Å². The van der Waals surface area contributed by atoms with Gasteiger partial charge in [0.2, 0.25) is 0 Å². The second-order valence-electron chi connectivity index (χ2n) is 6.54. The molecule has 5 heteroatoms. The lowest BCUT2D eigenvalue weighted by Gasteiger charge is -2.32. The van der Waals surface area contributed by atoms with E-state index in [-0.39, 0.29) is 5.91 Å². The molecule has 0 aromatic rings. The average Bonchev–Trinajstić information content (AvgIpc) is 2.83. The van der Waals surface area contributed by atoms with Crippen LogP contribution in [-0.2, 0) is 4.79 Å². The highest BCUT2D eigenvalue weighted by atomic mass is 32.2. The molecule has 2 heterocycles. The van der Waals surface area contributed by atoms with Gasteiger partial charge in [0.05, 0.1) is 0 Å². The van der Waals surface area contributed by atoms with Crippen LogP contribution in [0.2, 0.25) is 0 Å². The van der Waals surface area contributed by atoms with Crippen molar-refractivity contribution in [1.82, 2.24) is 10.2 Å². The van der Waals surface area contributed by atoms with Crippen LogP contribution in [0.1, 0.15) is 39.5 Å². The number of carbonyl (C=O) groups excluding carboxylic acids is 1. The largest absolute Gasteiger partial charge is 0.380 e. The Morgan fingerprint density at radius 3 is 2.80 bits per heavy atom. The lowest BCUT2D eigenvalue weighted by molar-refractivity contribution is -0.140. The van der Waals surface area contributed by atoms with E-state index in [0.29, 0.717) is 31.3 Å². The number of hydrogen-bond donors (Lipinski definition) is 2. The number of aliphatic hydroxyl groups is 1. The smallest absolute Gasteiger partial charge is 0.252 e. The third kappa shape index (κ3) is 4.12. The van der Waals surface area contributed by atoms with Gasteiger partial charge in [-0.05, 0) is 49.7 Å². The van der Waals surface area contributed by atoms with Crippen molar-refractivity contribution in [3.8, 4) is 0 Å². The zero-order valence-electron chi connectivity index (χ0n) is 12.7. The Hall–Kier alpha value is -0.260. The number of rotatable bonds is 5. The summed E-state index contributed by atoms with van der Waals surface area (Å²) in [4.78, 5) is 14.7. The molecular formula is C15H28N2O2S. The van der Waals surface area contributed by atoms with Gasteiger partial charge in [-0.3, -0.25) is 9.69 Å². The second kappa shape index (κ2) is 7.14. The Balaban J connectivity index is 1.80. The van der Waals surface area contributed by atoms with Crippen molar-refractivity contribution in [3.63, 3.8) is 0 Å². The van der Waals surface area contributed by atoms with E-state index in [1.165, 1.54) is 6.42 Å². The van der Waals surface area contributed by atoms with E-state index in [9.17, 15) is 9.90 Å². The van der Waals surface area contributed by atoms with Crippen LogP contribution in [0.4, 0.5) is 0 Å². The minimum Gasteiger partial charge on any atom is -0.380 e. The van der Waals surface area contributed by atoms with Crippen molar-refractivity contribution in [1.29, 1.82) is 0 Å². The molecule has 2 aliphatic rings. The van der Waals surface area contributed by atoms with E-state index >= 15 is 0 Å². The monoisotopic (exact) mass is 300 g/mol. The summed E-state index contributed by atoms with van der Waals surface area (Å²) in [6, 6.07) is 0.447. The average molecular weight is 300 g/mol. The Labute approximate surface area is 126 Å². The maximum absolute atomic E-state index is 12.2. The number of hydrogen-bond acceptors (Lipinski definition) is 4. The van der Waals surface area contributed by atoms with Crippen molar-refractivity contribution in [2.45, 2.75) is 51.2 Å². The molecule has 0 aromatic carbocycles. The summed E-state index contributed by atoms with van der Waals surface area (Å²) in [6.45, 7) is 7.38. The fraction of sp³-hybridized carbons (Fsp3) is 0.933. The van der Waals surface area contributed by atoms with Crippen LogP contribution in [0.25, 0.3) is 0 Å². The first kappa shape index (κ1) is 16.1. The molecule has 2 N–H and O–H groups in total. The molecule has 20 heavy (non-hydrogen) atoms. The minimum atomic E-state index is -1.12. The molecule has 0 unspecified atom stereocenters. The van der Waals surface area contributed by atoms with Gasteiger partial charge in [0.25, 0.3) is 5.91 Å². The molecule has 2 saturated heterocycles. The zero-order chi connectivity index (χ0) is 14.6. The van der Waals surface area contributed by atoms with Gasteiger partial charge < -0.3 is 10.4 Å². The number of nitrogens with zero attached hydrogens (tertiary/aromatic N) is 1. The predicted molar refractivity (Wildman–Crippen MR) is 84.0 cm³/mol. The van der Waals surface area contributed by atoms with E-state index in [2.05, 4.69) is 24.1 Å². The molecule has 2 aliphatic heterocycles. The third-order valence-electron chi connectivity index (χ3n) is 4.34. The molecule has 1 atom stereocenters. The SMILES string of the molecule is CC(C)CN1CCC[C@H]1CNC(=O)C1(O)CCSCC1. The van der Waals surface area contributed by atoms with E-state index in [4.69, 9.17) is 0 Å². The van der Waals surface area contributed by atoms with Crippen LogP contribution in [0.3, 0.4) is 0 Å². The molecule has 2 fully saturated rings. The van der Waals surface area contributed by atoms with Crippen LogP contribution in [0, 0.1) is 5.92 Å². The number of likely N-dealkylation sites (tertiary alicyclic amines) is 1. The predicted octanol–water partition coefficient (Wildman–Crippen LogP) is 1.48. The van der Waals surface area contributed by atoms with Crippen LogP contribution in [0.5, 0.6) is 0 Å². The molecule has 0 radical (unpaired) electrons. The summed E-state index contributed by atoms with van der Waals surface area (Å²) in [7, 11) is 0. The first-order chi connectivity index (χ1) is 9.51. The standard InChI is InChI=1S/C15H28N2O2S/c1-12(2)11-17-7-3-4-13(17)10-16-14(18)15(19)5-8-20-9-6-15/h12-13,19H,3-11H2,1-2H3,(H,16,18)/t13-/m0/s1. The highest BCUT2D eigenvalue weighted by Gasteiger charge is 2.37. The Bertz CT molecular complexity index is 330. The Morgan fingerprint density at radius 1 is 1.45 bits per heavy atom. The van der Waals surface area contributed by atoms with Gasteiger partial charge in [0.1, 0.15) is 5.60 Å². The summed E-state index contributed by atoms with van der Waals surface area (Å²) in [6.07, 6.45) is 3.54. The maximum atomic E-state index is 12.2. The van der Waals surface area contributed by atoms with Crippen molar-refractivity contribution in [2.75, 3.05) is 31.1 Å². The highest BCUT2D eigenvalue weighted by Crippen LogP contribution is 2.27. The van der Waals surface area contributed by atoms with Crippen LogP contribution >= 0.6 is 11.8 Å². The van der Waals surface area contributed by atoms with E-state index in [1.54, 1.807) is 0 Å². The summed E-state index contributed by atoms with van der Waals surface area (Å²) < 4.78 is 0. The zero-order valence-corrected chi connectivity index (χ0v) is 13.5. The third-order valence-corrected chi connectivity index (χ3v) is 5.33. The van der Waals surface area contributed by atoms with Gasteiger partial charge in [-0.1, -0.05) is 13.8 Å². The first-order valence-electron chi connectivity index (χ1n) is 7.84. The summed E-state index contributed by atoms with van der Waals surface area (Å²) >= 11 is 1.82. The van der Waals surface area contributed by atoms with Crippen molar-refractivity contribution in [2.24, 2.45) is 5.92 Å². The molecule has 0 bridgehead atoms. The fourth-order valence-electron chi connectivity index (χ4n) is 3.15. The van der Waals surface area contributed by atoms with E-state index in [0.717, 1.165) is 31.0 Å². The van der Waals surface area contributed by atoms with Crippen molar-refractivity contribution >= 4 is 17.7 Å². The van der Waals surface area contributed by atoms with Gasteiger partial charge in [-0.2, -0.15) is 11.8 Å². The second-order valence-corrected chi connectivity index (χ2v) is 7.76. The summed E-state index contributed by atoms with van der Waals surface area (Å²) in [5.41, 5.74) is -1.12. The van der Waals surface area contributed by atoms with Crippen LogP contribution < -0.4 is 5.32 Å². The van der Waals surface area contributed by atoms with Gasteiger partial charge in [0.15, 0.2) is 0 Å². The molecule has 2 rings (SSSR count). The number of carbonyl (C=O) groups is 1. The van der Waals surface area contributed by atoms with Gasteiger partial charge in [-0.25, -0.2) is 0 Å². The molecule has 0 aliphatic carbocycles. The topological polar surface area (TPSA) is 52.6 Å². The molecule has 4 nitrogen and oxygen atoms in total. The quantitative estimate of drug-likeness (QED) is 0.807. The van der Waals surface area contributed by atoms with Crippen LogP contribution in [0.15, 0.2) is 0 Å².